The molecule has 4 nitrogen and oxygen atoms in total. The largest absolute Gasteiger partial charge is 0.474 e. The maximum Gasteiger partial charge on any atom is 0.392 e. The Balaban J connectivity index is 2.69. The molecule has 0 aliphatic heterocycles. The Morgan fingerprint density at radius 2 is 2.20 bits per heavy atom. The first-order valence-corrected chi connectivity index (χ1v) is 4.00. The number of hydrogen-bond donors (Lipinski definition) is 1. The summed E-state index contributed by atoms with van der Waals surface area (Å²) in [6.45, 7) is 0. The quantitative estimate of drug-likeness (QED) is 0.832. The molecule has 2 aromatic rings. The van der Waals surface area contributed by atoms with E-state index in [1.807, 2.05) is 0 Å². The number of carboxylic acid groups (broad SMARTS) is 1. The number of oxazole rings is 1. The number of hydrogen-bond acceptors (Lipinski definition) is 3. The molecule has 15 heavy (non-hydrogen) atoms. The molecular weight excluding hydrogens is 208 g/mol. The number of halogens is 2. The summed E-state index contributed by atoms with van der Waals surface area (Å²) in [5.41, 5.74) is -0.414. The Hall–Kier alpha value is -1.98. The lowest BCUT2D eigenvalue weighted by Gasteiger charge is -1.97. The van der Waals surface area contributed by atoms with E-state index in [-0.39, 0.29) is 16.7 Å². The van der Waals surface area contributed by atoms with Gasteiger partial charge in [0.1, 0.15) is 5.52 Å². The molecule has 0 aliphatic carbocycles. The summed E-state index contributed by atoms with van der Waals surface area (Å²) in [6, 6.07) is 3.96. The zero-order valence-corrected chi connectivity index (χ0v) is 7.28. The van der Waals surface area contributed by atoms with E-state index < -0.39 is 18.3 Å². The minimum Gasteiger partial charge on any atom is -0.474 e. The zero-order chi connectivity index (χ0) is 11.0. The highest BCUT2D eigenvalue weighted by atomic mass is 19.3. The van der Waals surface area contributed by atoms with Crippen LogP contribution in [0.5, 0.6) is 0 Å². The zero-order valence-electron chi connectivity index (χ0n) is 7.28. The number of aromatic carboxylic acids is 1. The first-order valence-electron chi connectivity index (χ1n) is 4.00. The maximum atomic E-state index is 12.5. The second-order valence-corrected chi connectivity index (χ2v) is 2.82. The standard InChI is InChI=1S/C9H5F2NO3/c10-7(11)4-2-1-3-5-6(4)15-8(12-5)9(13)14/h1-3,7H,(H,13,14). The third kappa shape index (κ3) is 1.54. The third-order valence-corrected chi connectivity index (χ3v) is 1.86. The summed E-state index contributed by atoms with van der Waals surface area (Å²) in [5, 5.41) is 8.57. The minimum absolute atomic E-state index is 0.116. The Morgan fingerprint density at radius 3 is 2.80 bits per heavy atom. The van der Waals surface area contributed by atoms with Crippen LogP contribution in [0.1, 0.15) is 22.7 Å². The third-order valence-electron chi connectivity index (χ3n) is 1.86. The number of nitrogens with zero attached hydrogens (tertiary/aromatic N) is 1. The van der Waals surface area contributed by atoms with E-state index in [1.54, 1.807) is 0 Å². The molecule has 78 valence electrons. The Morgan fingerprint density at radius 1 is 1.47 bits per heavy atom. The van der Waals surface area contributed by atoms with Crippen molar-refractivity contribution < 1.29 is 23.1 Å². The van der Waals surface area contributed by atoms with E-state index in [9.17, 15) is 13.6 Å². The molecule has 0 spiro atoms. The van der Waals surface area contributed by atoms with Crippen LogP contribution >= 0.6 is 0 Å². The van der Waals surface area contributed by atoms with Gasteiger partial charge in [-0.2, -0.15) is 0 Å². The molecule has 1 aromatic carbocycles. The van der Waals surface area contributed by atoms with Crippen molar-refractivity contribution in [3.8, 4) is 0 Å². The van der Waals surface area contributed by atoms with Crippen LogP contribution in [0.25, 0.3) is 11.1 Å². The molecule has 0 unspecified atom stereocenters. The van der Waals surface area contributed by atoms with E-state index in [0.717, 1.165) is 0 Å². The Kier molecular flexibility index (Phi) is 2.11. The average Bonchev–Trinajstić information content (AvgIpc) is 2.60. The monoisotopic (exact) mass is 213 g/mol. The highest BCUT2D eigenvalue weighted by Gasteiger charge is 2.18. The number of benzene rings is 1. The van der Waals surface area contributed by atoms with Crippen molar-refractivity contribution in [3.63, 3.8) is 0 Å². The van der Waals surface area contributed by atoms with Crippen LogP contribution in [0, 0.1) is 0 Å². The van der Waals surface area contributed by atoms with Crippen molar-refractivity contribution >= 4 is 17.1 Å². The lowest BCUT2D eigenvalue weighted by Crippen LogP contribution is -1.94. The predicted molar refractivity (Wildman–Crippen MR) is 45.9 cm³/mol. The molecule has 6 heteroatoms. The molecule has 0 fully saturated rings. The molecule has 0 radical (unpaired) electrons. The van der Waals surface area contributed by atoms with Crippen molar-refractivity contribution in [1.82, 2.24) is 4.98 Å². The number of rotatable bonds is 2. The number of para-hydroxylation sites is 1. The van der Waals surface area contributed by atoms with Gasteiger partial charge in [0.05, 0.1) is 5.56 Å². The molecule has 0 amide bonds. The van der Waals surface area contributed by atoms with E-state index in [1.165, 1.54) is 18.2 Å². The number of carbonyl (C=O) groups is 1. The smallest absolute Gasteiger partial charge is 0.392 e. The van der Waals surface area contributed by atoms with E-state index >= 15 is 0 Å². The molecule has 1 aromatic heterocycles. The van der Waals surface area contributed by atoms with E-state index in [4.69, 9.17) is 9.52 Å². The summed E-state index contributed by atoms with van der Waals surface area (Å²) in [7, 11) is 0. The molecule has 0 aliphatic rings. The SMILES string of the molecule is O=C(O)c1nc2cccc(C(F)F)c2o1. The number of fused-ring (bicyclic) bond motifs is 1. The van der Waals surface area contributed by atoms with Gasteiger partial charge in [-0.3, -0.25) is 0 Å². The summed E-state index contributed by atoms with van der Waals surface area (Å²) in [4.78, 5) is 14.1. The molecule has 0 saturated carbocycles. The fourth-order valence-electron chi connectivity index (χ4n) is 1.23. The van der Waals surface area contributed by atoms with Gasteiger partial charge < -0.3 is 9.52 Å². The van der Waals surface area contributed by atoms with Crippen molar-refractivity contribution in [2.45, 2.75) is 6.43 Å². The van der Waals surface area contributed by atoms with Crippen molar-refractivity contribution in [1.29, 1.82) is 0 Å². The average molecular weight is 213 g/mol. The topological polar surface area (TPSA) is 63.3 Å². The first kappa shape index (κ1) is 9.57. The van der Waals surface area contributed by atoms with Gasteiger partial charge in [-0.15, -0.1) is 0 Å². The lowest BCUT2D eigenvalue weighted by molar-refractivity contribution is 0.0655. The van der Waals surface area contributed by atoms with Gasteiger partial charge in [0.25, 0.3) is 6.43 Å². The van der Waals surface area contributed by atoms with Crippen molar-refractivity contribution in [2.24, 2.45) is 0 Å². The van der Waals surface area contributed by atoms with Crippen molar-refractivity contribution in [3.05, 3.63) is 29.7 Å². The predicted octanol–water partition coefficient (Wildman–Crippen LogP) is 2.46. The van der Waals surface area contributed by atoms with Crippen LogP contribution in [0.15, 0.2) is 22.6 Å². The summed E-state index contributed by atoms with van der Waals surface area (Å²) in [6.07, 6.45) is -2.72. The number of aromatic nitrogens is 1. The molecule has 2 rings (SSSR count). The molecular formula is C9H5F2NO3. The molecule has 0 saturated heterocycles. The maximum absolute atomic E-state index is 12.5. The van der Waals surface area contributed by atoms with E-state index in [2.05, 4.69) is 4.98 Å². The molecule has 1 N–H and O–H groups in total. The van der Waals surface area contributed by atoms with Gasteiger partial charge >= 0.3 is 11.9 Å². The highest BCUT2D eigenvalue weighted by molar-refractivity contribution is 5.87. The second kappa shape index (κ2) is 3.30. The van der Waals surface area contributed by atoms with E-state index in [0.29, 0.717) is 0 Å². The van der Waals surface area contributed by atoms with Crippen LogP contribution < -0.4 is 0 Å². The van der Waals surface area contributed by atoms with Crippen LogP contribution in [-0.4, -0.2) is 16.1 Å². The van der Waals surface area contributed by atoms with Gasteiger partial charge in [-0.05, 0) is 12.1 Å². The van der Waals surface area contributed by atoms with Gasteiger partial charge in [-0.1, -0.05) is 6.07 Å². The van der Waals surface area contributed by atoms with Gasteiger partial charge in [-0.25, -0.2) is 18.6 Å². The Labute approximate surface area is 82.1 Å². The van der Waals surface area contributed by atoms with Gasteiger partial charge in [0, 0.05) is 0 Å². The highest BCUT2D eigenvalue weighted by Crippen LogP contribution is 2.28. The van der Waals surface area contributed by atoms with Crippen LogP contribution in [-0.2, 0) is 0 Å². The minimum atomic E-state index is -2.72. The molecule has 0 bridgehead atoms. The van der Waals surface area contributed by atoms with Crippen LogP contribution in [0.3, 0.4) is 0 Å². The van der Waals surface area contributed by atoms with Crippen LogP contribution in [0.2, 0.25) is 0 Å². The van der Waals surface area contributed by atoms with Gasteiger partial charge in [0.2, 0.25) is 0 Å². The molecule has 0 atom stereocenters. The Bertz CT molecular complexity index is 521. The fraction of sp³-hybridized carbons (Fsp3) is 0.111. The first-order chi connectivity index (χ1) is 7.09. The van der Waals surface area contributed by atoms with Crippen molar-refractivity contribution in [2.75, 3.05) is 0 Å². The normalized spacial score (nSPS) is 11.1. The van der Waals surface area contributed by atoms with Crippen LogP contribution in [0.4, 0.5) is 8.78 Å². The summed E-state index contributed by atoms with van der Waals surface area (Å²) < 4.78 is 29.7. The molecule has 1 heterocycles. The fourth-order valence-corrected chi connectivity index (χ4v) is 1.23. The second-order valence-electron chi connectivity index (χ2n) is 2.82. The number of alkyl halides is 2. The summed E-state index contributed by atoms with van der Waals surface area (Å²) >= 11 is 0. The lowest BCUT2D eigenvalue weighted by atomic mass is 10.2. The van der Waals surface area contributed by atoms with Gasteiger partial charge in [0.15, 0.2) is 5.58 Å². The number of carboxylic acids is 1. The summed E-state index contributed by atoms with van der Waals surface area (Å²) in [5.74, 6) is -1.97.